The maximum atomic E-state index is 9.03. The second-order valence-electron chi connectivity index (χ2n) is 3.12. The van der Waals surface area contributed by atoms with Gasteiger partial charge in [-0.3, -0.25) is 0 Å². The summed E-state index contributed by atoms with van der Waals surface area (Å²) in [6, 6.07) is 7.48. The highest BCUT2D eigenvalue weighted by atomic mass is 16.3. The number of hydrogen-bond acceptors (Lipinski definition) is 1. The van der Waals surface area contributed by atoms with Crippen molar-refractivity contribution in [1.82, 2.24) is 0 Å². The van der Waals surface area contributed by atoms with Crippen LogP contribution < -0.4 is 0 Å². The first kappa shape index (κ1) is 9.11. The summed E-state index contributed by atoms with van der Waals surface area (Å²) in [5.41, 5.74) is 1.32. The molecule has 0 spiro atoms. The van der Waals surface area contributed by atoms with E-state index in [-0.39, 0.29) is 0 Å². The molecule has 0 aliphatic rings. The molecule has 0 aliphatic carbocycles. The molecule has 1 heteroatoms. The zero-order chi connectivity index (χ0) is 8.81. The topological polar surface area (TPSA) is 20.2 Å². The number of aromatic hydroxyl groups is 1. The molecule has 1 aromatic rings. The Kier molecular flexibility index (Phi) is 3.65. The summed E-state index contributed by atoms with van der Waals surface area (Å²) in [6.45, 7) is 2.21. The van der Waals surface area contributed by atoms with Crippen LogP contribution >= 0.6 is 0 Å². The maximum Gasteiger partial charge on any atom is 0.115 e. The molecule has 1 nitrogen and oxygen atoms in total. The number of aryl methyl sites for hydroxylation is 1. The quantitative estimate of drug-likeness (QED) is 0.678. The van der Waals surface area contributed by atoms with Crippen LogP contribution in [0.5, 0.6) is 5.75 Å². The maximum absolute atomic E-state index is 9.03. The lowest BCUT2D eigenvalue weighted by atomic mass is 10.1. The second-order valence-corrected chi connectivity index (χ2v) is 3.12. The molecule has 0 aliphatic heterocycles. The minimum Gasteiger partial charge on any atom is -0.508 e. The van der Waals surface area contributed by atoms with Gasteiger partial charge in [-0.25, -0.2) is 0 Å². The number of phenols is 1. The van der Waals surface area contributed by atoms with Gasteiger partial charge in [0.15, 0.2) is 0 Å². The average Bonchev–Trinajstić information content (AvgIpc) is 2.09. The largest absolute Gasteiger partial charge is 0.508 e. The predicted octanol–water partition coefficient (Wildman–Crippen LogP) is 3.12. The molecule has 0 radical (unpaired) electrons. The Hall–Kier alpha value is -0.980. The molecule has 0 bridgehead atoms. The van der Waals surface area contributed by atoms with Crippen molar-refractivity contribution in [3.8, 4) is 5.75 Å². The minimum absolute atomic E-state index is 0.356. The molecule has 0 aromatic heterocycles. The smallest absolute Gasteiger partial charge is 0.115 e. The lowest BCUT2D eigenvalue weighted by Gasteiger charge is -1.99. The zero-order valence-electron chi connectivity index (χ0n) is 7.59. The molecule has 66 valence electrons. The normalized spacial score (nSPS) is 10.1. The zero-order valence-corrected chi connectivity index (χ0v) is 7.59. The Morgan fingerprint density at radius 3 is 2.33 bits per heavy atom. The van der Waals surface area contributed by atoms with Crippen molar-refractivity contribution < 1.29 is 5.11 Å². The van der Waals surface area contributed by atoms with Crippen molar-refractivity contribution >= 4 is 0 Å². The van der Waals surface area contributed by atoms with Gasteiger partial charge in [-0.2, -0.15) is 0 Å². The van der Waals surface area contributed by atoms with E-state index >= 15 is 0 Å². The Bertz CT molecular complexity index is 213. The molecular weight excluding hydrogens is 148 g/mol. The molecule has 0 saturated heterocycles. The van der Waals surface area contributed by atoms with Crippen LogP contribution in [-0.4, -0.2) is 5.11 Å². The molecule has 0 unspecified atom stereocenters. The van der Waals surface area contributed by atoms with E-state index in [1.807, 2.05) is 12.1 Å². The lowest BCUT2D eigenvalue weighted by molar-refractivity contribution is 0.475. The van der Waals surface area contributed by atoms with Gasteiger partial charge in [-0.15, -0.1) is 0 Å². The highest BCUT2D eigenvalue weighted by molar-refractivity contribution is 5.25. The first-order valence-electron chi connectivity index (χ1n) is 4.61. The van der Waals surface area contributed by atoms with Gasteiger partial charge >= 0.3 is 0 Å². The van der Waals surface area contributed by atoms with E-state index in [9.17, 15) is 0 Å². The fourth-order valence-corrected chi connectivity index (χ4v) is 1.24. The summed E-state index contributed by atoms with van der Waals surface area (Å²) in [7, 11) is 0. The van der Waals surface area contributed by atoms with Crippen LogP contribution in [0.1, 0.15) is 31.7 Å². The first-order valence-corrected chi connectivity index (χ1v) is 4.61. The van der Waals surface area contributed by atoms with Gasteiger partial charge in [0.2, 0.25) is 0 Å². The molecule has 0 saturated carbocycles. The molecule has 1 aromatic carbocycles. The Morgan fingerprint density at radius 1 is 1.08 bits per heavy atom. The lowest BCUT2D eigenvalue weighted by Crippen LogP contribution is -1.83. The fraction of sp³-hybridized carbons (Fsp3) is 0.455. The number of hydrogen-bond donors (Lipinski definition) is 1. The first-order chi connectivity index (χ1) is 5.83. The minimum atomic E-state index is 0.356. The van der Waals surface area contributed by atoms with Crippen molar-refractivity contribution in [2.75, 3.05) is 0 Å². The van der Waals surface area contributed by atoms with Gasteiger partial charge in [0.1, 0.15) is 5.75 Å². The van der Waals surface area contributed by atoms with Crippen LogP contribution in [0.3, 0.4) is 0 Å². The van der Waals surface area contributed by atoms with Gasteiger partial charge < -0.3 is 5.11 Å². The van der Waals surface area contributed by atoms with E-state index in [1.54, 1.807) is 12.1 Å². The van der Waals surface area contributed by atoms with Crippen molar-refractivity contribution in [3.63, 3.8) is 0 Å². The van der Waals surface area contributed by atoms with Crippen LogP contribution in [0.25, 0.3) is 0 Å². The molecular formula is C11H16O. The van der Waals surface area contributed by atoms with Gasteiger partial charge in [-0.1, -0.05) is 31.9 Å². The van der Waals surface area contributed by atoms with Crippen molar-refractivity contribution in [2.24, 2.45) is 0 Å². The summed E-state index contributed by atoms with van der Waals surface area (Å²) in [4.78, 5) is 0. The molecule has 0 amide bonds. The highest BCUT2D eigenvalue weighted by Gasteiger charge is 1.92. The molecule has 0 heterocycles. The monoisotopic (exact) mass is 164 g/mol. The van der Waals surface area contributed by atoms with E-state index in [4.69, 9.17) is 5.11 Å². The number of phenolic OH excluding ortho intramolecular Hbond substituents is 1. The third-order valence-corrected chi connectivity index (χ3v) is 2.01. The van der Waals surface area contributed by atoms with Gasteiger partial charge in [0.05, 0.1) is 0 Å². The summed E-state index contributed by atoms with van der Waals surface area (Å²) < 4.78 is 0. The number of benzene rings is 1. The second kappa shape index (κ2) is 4.81. The average molecular weight is 164 g/mol. The summed E-state index contributed by atoms with van der Waals surface area (Å²) in [5, 5.41) is 9.03. The molecule has 12 heavy (non-hydrogen) atoms. The summed E-state index contributed by atoms with van der Waals surface area (Å²) in [6.07, 6.45) is 4.94. The van der Waals surface area contributed by atoms with Crippen molar-refractivity contribution in [2.45, 2.75) is 32.6 Å². The van der Waals surface area contributed by atoms with Gasteiger partial charge in [0, 0.05) is 0 Å². The summed E-state index contributed by atoms with van der Waals surface area (Å²) in [5.74, 6) is 0.356. The third kappa shape index (κ3) is 2.95. The van der Waals surface area contributed by atoms with Gasteiger partial charge in [0.25, 0.3) is 0 Å². The van der Waals surface area contributed by atoms with Crippen LogP contribution in [0.4, 0.5) is 0 Å². The summed E-state index contributed by atoms with van der Waals surface area (Å²) >= 11 is 0. The van der Waals surface area contributed by atoms with Crippen LogP contribution in [0.15, 0.2) is 24.3 Å². The van der Waals surface area contributed by atoms with Crippen LogP contribution in [0.2, 0.25) is 0 Å². The highest BCUT2D eigenvalue weighted by Crippen LogP contribution is 2.12. The molecule has 0 fully saturated rings. The van der Waals surface area contributed by atoms with E-state index in [2.05, 4.69) is 6.92 Å². The van der Waals surface area contributed by atoms with Crippen LogP contribution in [0, 0.1) is 0 Å². The Labute approximate surface area is 74.1 Å². The standard InChI is InChI=1S/C11H16O/c1-2-3-4-5-10-6-8-11(12)9-7-10/h6-9,12H,2-5H2,1H3. The fourth-order valence-electron chi connectivity index (χ4n) is 1.24. The van der Waals surface area contributed by atoms with E-state index in [0.29, 0.717) is 5.75 Å². The molecule has 1 rings (SSSR count). The van der Waals surface area contributed by atoms with Gasteiger partial charge in [-0.05, 0) is 30.5 Å². The van der Waals surface area contributed by atoms with Crippen molar-refractivity contribution in [1.29, 1.82) is 0 Å². The SMILES string of the molecule is CCCCCc1ccc(O)cc1. The predicted molar refractivity (Wildman–Crippen MR) is 51.3 cm³/mol. The van der Waals surface area contributed by atoms with E-state index in [1.165, 1.54) is 24.8 Å². The van der Waals surface area contributed by atoms with Crippen molar-refractivity contribution in [3.05, 3.63) is 29.8 Å². The van der Waals surface area contributed by atoms with E-state index in [0.717, 1.165) is 6.42 Å². The molecule has 0 atom stereocenters. The number of unbranched alkanes of at least 4 members (excludes halogenated alkanes) is 2. The Morgan fingerprint density at radius 2 is 1.75 bits per heavy atom. The van der Waals surface area contributed by atoms with E-state index < -0.39 is 0 Å². The molecule has 1 N–H and O–H groups in total. The number of rotatable bonds is 4. The third-order valence-electron chi connectivity index (χ3n) is 2.01. The van der Waals surface area contributed by atoms with Crippen LogP contribution in [-0.2, 0) is 6.42 Å². The Balaban J connectivity index is 2.37.